The molecule has 0 aliphatic heterocycles. The molecule has 0 saturated heterocycles. The minimum Gasteiger partial charge on any atom is -0.324 e. The number of para-hydroxylation sites is 1. The molecule has 1 amide bonds. The Hall–Kier alpha value is -1.45. The summed E-state index contributed by atoms with van der Waals surface area (Å²) in [4.78, 5) is 13.2. The first kappa shape index (κ1) is 15.9. The van der Waals surface area contributed by atoms with Crippen LogP contribution in [0.25, 0.3) is 0 Å². The Labute approximate surface area is 134 Å². The number of halogens is 1. The molecular weight excluding hydrogens is 302 g/mol. The van der Waals surface area contributed by atoms with Gasteiger partial charge in [-0.2, -0.15) is 0 Å². The number of nitrogens with one attached hydrogen (secondary N) is 1. The maximum absolute atomic E-state index is 12.0. The summed E-state index contributed by atoms with van der Waals surface area (Å²) >= 11 is 7.84. The van der Waals surface area contributed by atoms with Crippen molar-refractivity contribution in [2.75, 3.05) is 5.32 Å². The molecule has 1 N–H and O–H groups in total. The Morgan fingerprint density at radius 3 is 2.43 bits per heavy atom. The van der Waals surface area contributed by atoms with Crippen LogP contribution in [0.5, 0.6) is 0 Å². The lowest BCUT2D eigenvalue weighted by molar-refractivity contribution is -0.115. The smallest absolute Gasteiger partial charge is 0.228 e. The van der Waals surface area contributed by atoms with Crippen LogP contribution in [0.3, 0.4) is 0 Å². The van der Waals surface area contributed by atoms with Crippen molar-refractivity contribution in [2.24, 2.45) is 0 Å². The van der Waals surface area contributed by atoms with Crippen molar-refractivity contribution in [2.45, 2.75) is 30.4 Å². The zero-order valence-corrected chi connectivity index (χ0v) is 13.7. The molecule has 0 fully saturated rings. The number of carbonyl (C=O) groups excluding carboxylic acids is 1. The van der Waals surface area contributed by atoms with Gasteiger partial charge < -0.3 is 5.32 Å². The van der Waals surface area contributed by atoms with Gasteiger partial charge in [-0.1, -0.05) is 49.7 Å². The lowest BCUT2D eigenvalue weighted by atomic mass is 10.1. The number of thioether (sulfide) groups is 1. The van der Waals surface area contributed by atoms with Crippen LogP contribution in [-0.4, -0.2) is 11.2 Å². The number of carbonyl (C=O) groups is 1. The monoisotopic (exact) mass is 319 g/mol. The Morgan fingerprint density at radius 1 is 1.14 bits per heavy atom. The fourth-order valence-corrected chi connectivity index (χ4v) is 2.92. The molecule has 0 aromatic heterocycles. The van der Waals surface area contributed by atoms with Crippen molar-refractivity contribution < 1.29 is 4.79 Å². The minimum absolute atomic E-state index is 0.0626. The maximum atomic E-state index is 12.0. The molecule has 0 heterocycles. The molecule has 4 heteroatoms. The summed E-state index contributed by atoms with van der Waals surface area (Å²) in [6.07, 6.45) is 0.345. The van der Waals surface area contributed by atoms with E-state index in [1.165, 1.54) is 4.90 Å². The zero-order chi connectivity index (χ0) is 15.2. The van der Waals surface area contributed by atoms with Crippen molar-refractivity contribution in [1.82, 2.24) is 0 Å². The summed E-state index contributed by atoms with van der Waals surface area (Å²) in [7, 11) is 0. The van der Waals surface area contributed by atoms with E-state index in [-0.39, 0.29) is 5.91 Å². The molecule has 0 saturated carbocycles. The summed E-state index contributed by atoms with van der Waals surface area (Å²) in [5.74, 6) is -0.0626. The van der Waals surface area contributed by atoms with Gasteiger partial charge in [-0.15, -0.1) is 11.8 Å². The fraction of sp³-hybridized carbons (Fsp3) is 0.235. The van der Waals surface area contributed by atoms with Crippen molar-refractivity contribution in [3.8, 4) is 0 Å². The van der Waals surface area contributed by atoms with Crippen LogP contribution in [0.1, 0.15) is 19.4 Å². The van der Waals surface area contributed by atoms with Crippen molar-refractivity contribution in [3.63, 3.8) is 0 Å². The predicted octanol–water partition coefficient (Wildman–Crippen LogP) is 5.02. The molecular formula is C17H18ClNOS. The molecule has 0 bridgehead atoms. The van der Waals surface area contributed by atoms with Crippen LogP contribution in [0.4, 0.5) is 5.69 Å². The number of amides is 1. The Bertz CT molecular complexity index is 610. The van der Waals surface area contributed by atoms with Crippen LogP contribution in [0, 0.1) is 0 Å². The molecule has 0 atom stereocenters. The van der Waals surface area contributed by atoms with Crippen LogP contribution >= 0.6 is 23.4 Å². The van der Waals surface area contributed by atoms with E-state index >= 15 is 0 Å². The largest absolute Gasteiger partial charge is 0.324 e. The van der Waals surface area contributed by atoms with Crippen molar-refractivity contribution in [1.29, 1.82) is 0 Å². The van der Waals surface area contributed by atoms with E-state index in [4.69, 9.17) is 11.6 Å². The molecule has 2 rings (SSSR count). The minimum atomic E-state index is -0.0626. The lowest BCUT2D eigenvalue weighted by Gasteiger charge is -2.08. The van der Waals surface area contributed by atoms with Crippen LogP contribution in [0.2, 0.25) is 5.02 Å². The van der Waals surface area contributed by atoms with E-state index in [2.05, 4.69) is 31.3 Å². The van der Waals surface area contributed by atoms with E-state index in [9.17, 15) is 4.79 Å². The second-order valence-electron chi connectivity index (χ2n) is 5.02. The van der Waals surface area contributed by atoms with Gasteiger partial charge in [0.05, 0.1) is 17.1 Å². The van der Waals surface area contributed by atoms with E-state index in [0.29, 0.717) is 22.4 Å². The van der Waals surface area contributed by atoms with Crippen LogP contribution < -0.4 is 5.32 Å². The highest BCUT2D eigenvalue weighted by Crippen LogP contribution is 2.23. The Kier molecular flexibility index (Phi) is 5.71. The van der Waals surface area contributed by atoms with Crippen LogP contribution in [-0.2, 0) is 11.2 Å². The highest BCUT2D eigenvalue weighted by atomic mass is 35.5. The fourth-order valence-electron chi connectivity index (χ4n) is 1.90. The van der Waals surface area contributed by atoms with Gasteiger partial charge in [-0.05, 0) is 29.8 Å². The van der Waals surface area contributed by atoms with Gasteiger partial charge in [0.15, 0.2) is 0 Å². The summed E-state index contributed by atoms with van der Waals surface area (Å²) in [6.45, 7) is 4.32. The van der Waals surface area contributed by atoms with Crippen molar-refractivity contribution in [3.05, 3.63) is 59.1 Å². The van der Waals surface area contributed by atoms with E-state index in [1.807, 2.05) is 36.0 Å². The first-order valence-corrected chi connectivity index (χ1v) is 8.10. The third-order valence-electron chi connectivity index (χ3n) is 2.81. The Balaban J connectivity index is 1.95. The Morgan fingerprint density at radius 2 is 1.81 bits per heavy atom. The highest BCUT2D eigenvalue weighted by molar-refractivity contribution is 7.99. The average molecular weight is 320 g/mol. The van der Waals surface area contributed by atoms with Gasteiger partial charge >= 0.3 is 0 Å². The third-order valence-corrected chi connectivity index (χ3v) is 4.15. The SMILES string of the molecule is CC(C)Sc1ccc(CC(=O)Nc2ccccc2Cl)cc1. The highest BCUT2D eigenvalue weighted by Gasteiger charge is 2.07. The molecule has 110 valence electrons. The number of anilines is 1. The summed E-state index contributed by atoms with van der Waals surface area (Å²) in [6, 6.07) is 15.3. The predicted molar refractivity (Wildman–Crippen MR) is 91.2 cm³/mol. The second kappa shape index (κ2) is 7.53. The van der Waals surface area contributed by atoms with Crippen LogP contribution in [0.15, 0.2) is 53.4 Å². The topological polar surface area (TPSA) is 29.1 Å². The zero-order valence-electron chi connectivity index (χ0n) is 12.1. The molecule has 21 heavy (non-hydrogen) atoms. The summed E-state index contributed by atoms with van der Waals surface area (Å²) in [5.41, 5.74) is 1.64. The number of rotatable bonds is 5. The van der Waals surface area contributed by atoms with E-state index < -0.39 is 0 Å². The van der Waals surface area contributed by atoms with Gasteiger partial charge in [0.1, 0.15) is 0 Å². The number of hydrogen-bond acceptors (Lipinski definition) is 2. The second-order valence-corrected chi connectivity index (χ2v) is 7.07. The number of hydrogen-bond donors (Lipinski definition) is 1. The molecule has 0 spiro atoms. The maximum Gasteiger partial charge on any atom is 0.228 e. The van der Waals surface area contributed by atoms with E-state index in [1.54, 1.807) is 12.1 Å². The standard InChI is InChI=1S/C17H18ClNOS/c1-12(2)21-14-9-7-13(8-10-14)11-17(20)19-16-6-4-3-5-15(16)18/h3-10,12H,11H2,1-2H3,(H,19,20). The number of benzene rings is 2. The average Bonchev–Trinajstić information content (AvgIpc) is 2.43. The first-order chi connectivity index (χ1) is 10.0. The van der Waals surface area contributed by atoms with Crippen molar-refractivity contribution >= 4 is 35.0 Å². The quantitative estimate of drug-likeness (QED) is 0.784. The lowest BCUT2D eigenvalue weighted by Crippen LogP contribution is -2.14. The molecule has 2 nitrogen and oxygen atoms in total. The first-order valence-electron chi connectivity index (χ1n) is 6.84. The molecule has 2 aromatic carbocycles. The summed E-state index contributed by atoms with van der Waals surface area (Å²) < 4.78 is 0. The van der Waals surface area contributed by atoms with Gasteiger partial charge in [0, 0.05) is 10.1 Å². The van der Waals surface area contributed by atoms with E-state index in [0.717, 1.165) is 5.56 Å². The summed E-state index contributed by atoms with van der Waals surface area (Å²) in [5, 5.41) is 3.93. The molecule has 0 radical (unpaired) electrons. The third kappa shape index (κ3) is 5.10. The van der Waals surface area contributed by atoms with Gasteiger partial charge in [-0.3, -0.25) is 4.79 Å². The molecule has 0 aliphatic rings. The normalized spacial score (nSPS) is 10.7. The molecule has 2 aromatic rings. The van der Waals surface area contributed by atoms with Gasteiger partial charge in [0.25, 0.3) is 0 Å². The van der Waals surface area contributed by atoms with Gasteiger partial charge in [-0.25, -0.2) is 0 Å². The van der Waals surface area contributed by atoms with Gasteiger partial charge in [0.2, 0.25) is 5.91 Å². The molecule has 0 unspecified atom stereocenters. The molecule has 0 aliphatic carbocycles.